The third kappa shape index (κ3) is 2.94. The molecule has 5 rings (SSSR count). The lowest BCUT2D eigenvalue weighted by atomic mass is 10.0. The molecule has 3 aliphatic heterocycles. The van der Waals surface area contributed by atoms with Crippen LogP contribution in [0.1, 0.15) is 16.7 Å². The van der Waals surface area contributed by atoms with Gasteiger partial charge in [0, 0.05) is 50.9 Å². The van der Waals surface area contributed by atoms with Crippen LogP contribution in [0, 0.1) is 18.8 Å². The van der Waals surface area contributed by atoms with Crippen molar-refractivity contribution in [1.82, 2.24) is 14.9 Å². The van der Waals surface area contributed by atoms with Gasteiger partial charge < -0.3 is 14.5 Å². The maximum absolute atomic E-state index is 5.61. The first kappa shape index (κ1) is 16.1. The van der Waals surface area contributed by atoms with Crippen molar-refractivity contribution < 1.29 is 4.74 Å². The summed E-state index contributed by atoms with van der Waals surface area (Å²) in [4.78, 5) is 13.7. The highest BCUT2D eigenvalue weighted by Crippen LogP contribution is 2.34. The van der Waals surface area contributed by atoms with E-state index >= 15 is 0 Å². The molecule has 2 atom stereocenters. The maximum Gasteiger partial charge on any atom is 0.134 e. The summed E-state index contributed by atoms with van der Waals surface area (Å²) in [7, 11) is 0. The average molecular weight is 350 g/mol. The highest BCUT2D eigenvalue weighted by molar-refractivity contribution is 5.46. The minimum absolute atomic E-state index is 0.776. The fraction of sp³-hybridized carbons (Fsp3) is 0.524. The Morgan fingerprint density at radius 3 is 2.81 bits per heavy atom. The van der Waals surface area contributed by atoms with Crippen LogP contribution in [0.25, 0.3) is 0 Å². The second kappa shape index (κ2) is 6.54. The zero-order valence-corrected chi connectivity index (χ0v) is 15.4. The lowest BCUT2D eigenvalue weighted by Gasteiger charge is -2.23. The van der Waals surface area contributed by atoms with E-state index in [4.69, 9.17) is 4.74 Å². The van der Waals surface area contributed by atoms with E-state index in [0.29, 0.717) is 0 Å². The molecule has 5 nitrogen and oxygen atoms in total. The molecule has 5 heteroatoms. The number of anilines is 1. The van der Waals surface area contributed by atoms with Gasteiger partial charge in [-0.1, -0.05) is 12.1 Å². The molecule has 1 aromatic carbocycles. The number of rotatable bonds is 4. The number of fused-ring (bicyclic) bond motifs is 2. The summed E-state index contributed by atoms with van der Waals surface area (Å²) in [5, 5.41) is 0. The van der Waals surface area contributed by atoms with Crippen LogP contribution in [0.2, 0.25) is 0 Å². The zero-order chi connectivity index (χ0) is 17.5. The van der Waals surface area contributed by atoms with Gasteiger partial charge in [-0.3, -0.25) is 0 Å². The van der Waals surface area contributed by atoms with E-state index in [1.807, 2.05) is 6.20 Å². The third-order valence-electron chi connectivity index (χ3n) is 6.20. The molecule has 0 bridgehead atoms. The van der Waals surface area contributed by atoms with E-state index in [-0.39, 0.29) is 0 Å². The summed E-state index contributed by atoms with van der Waals surface area (Å²) < 4.78 is 5.61. The molecule has 0 saturated carbocycles. The van der Waals surface area contributed by atoms with Gasteiger partial charge in [-0.05, 0) is 42.4 Å². The quantitative estimate of drug-likeness (QED) is 0.847. The number of likely N-dealkylation sites (tertiary alicyclic amines) is 1. The third-order valence-corrected chi connectivity index (χ3v) is 6.20. The van der Waals surface area contributed by atoms with Gasteiger partial charge in [0.2, 0.25) is 0 Å². The Bertz CT molecular complexity index is 794. The number of hydrogen-bond donors (Lipinski definition) is 0. The number of nitrogens with zero attached hydrogens (tertiary/aromatic N) is 4. The van der Waals surface area contributed by atoms with Crippen molar-refractivity contribution in [3.05, 3.63) is 47.4 Å². The molecular formula is C21H26N4O. The summed E-state index contributed by atoms with van der Waals surface area (Å²) >= 11 is 0. The van der Waals surface area contributed by atoms with E-state index in [0.717, 1.165) is 55.9 Å². The normalized spacial score (nSPS) is 24.6. The molecule has 136 valence electrons. The SMILES string of the molecule is Cc1cncnc1N1CC2CN(CCc3ccc4c(c3)CCO4)CC2C1. The molecule has 0 radical (unpaired) electrons. The van der Waals surface area contributed by atoms with Crippen LogP contribution in [-0.2, 0) is 12.8 Å². The Balaban J connectivity index is 1.17. The zero-order valence-electron chi connectivity index (χ0n) is 15.4. The lowest BCUT2D eigenvalue weighted by molar-refractivity contribution is 0.320. The molecule has 2 unspecified atom stereocenters. The Morgan fingerprint density at radius 1 is 1.15 bits per heavy atom. The standard InChI is InChI=1S/C21H26N4O/c1-15-9-22-14-23-21(15)25-12-18-10-24(11-19(18)13-25)6-4-16-2-3-20-17(8-16)5-7-26-20/h2-3,8-9,14,18-19H,4-7,10-13H2,1H3. The fourth-order valence-corrected chi connectivity index (χ4v) is 4.85. The van der Waals surface area contributed by atoms with Crippen molar-refractivity contribution in [1.29, 1.82) is 0 Å². The van der Waals surface area contributed by atoms with Gasteiger partial charge in [-0.2, -0.15) is 0 Å². The van der Waals surface area contributed by atoms with Crippen LogP contribution in [0.3, 0.4) is 0 Å². The van der Waals surface area contributed by atoms with Crippen molar-refractivity contribution in [2.45, 2.75) is 19.8 Å². The van der Waals surface area contributed by atoms with Gasteiger partial charge in [0.15, 0.2) is 0 Å². The number of benzene rings is 1. The van der Waals surface area contributed by atoms with E-state index < -0.39 is 0 Å². The molecule has 26 heavy (non-hydrogen) atoms. The number of aryl methyl sites for hydroxylation is 1. The Kier molecular flexibility index (Phi) is 4.04. The first-order valence-corrected chi connectivity index (χ1v) is 9.75. The van der Waals surface area contributed by atoms with Gasteiger partial charge in [0.1, 0.15) is 17.9 Å². The minimum Gasteiger partial charge on any atom is -0.493 e. The molecule has 2 saturated heterocycles. The fourth-order valence-electron chi connectivity index (χ4n) is 4.85. The Morgan fingerprint density at radius 2 is 2.00 bits per heavy atom. The van der Waals surface area contributed by atoms with Crippen LogP contribution < -0.4 is 9.64 Å². The van der Waals surface area contributed by atoms with Gasteiger partial charge in [0.05, 0.1) is 6.61 Å². The number of hydrogen-bond acceptors (Lipinski definition) is 5. The van der Waals surface area contributed by atoms with Crippen molar-refractivity contribution in [3.8, 4) is 5.75 Å². The Hall–Kier alpha value is -2.14. The van der Waals surface area contributed by atoms with E-state index in [2.05, 4.69) is 44.9 Å². The predicted molar refractivity (Wildman–Crippen MR) is 102 cm³/mol. The number of aromatic nitrogens is 2. The summed E-state index contributed by atoms with van der Waals surface area (Å²) in [5.41, 5.74) is 4.02. The second-order valence-corrected chi connectivity index (χ2v) is 8.00. The van der Waals surface area contributed by atoms with E-state index in [9.17, 15) is 0 Å². The van der Waals surface area contributed by atoms with Crippen molar-refractivity contribution in [2.24, 2.45) is 11.8 Å². The van der Waals surface area contributed by atoms with Crippen LogP contribution in [0.15, 0.2) is 30.7 Å². The van der Waals surface area contributed by atoms with Crippen molar-refractivity contribution >= 4 is 5.82 Å². The second-order valence-electron chi connectivity index (χ2n) is 8.00. The summed E-state index contributed by atoms with van der Waals surface area (Å²) in [6.45, 7) is 8.83. The molecule has 0 aliphatic carbocycles. The maximum atomic E-state index is 5.61. The summed E-state index contributed by atoms with van der Waals surface area (Å²) in [5.74, 6) is 3.77. The molecule has 2 fully saturated rings. The lowest BCUT2D eigenvalue weighted by Crippen LogP contribution is -2.30. The van der Waals surface area contributed by atoms with Gasteiger partial charge in [0.25, 0.3) is 0 Å². The average Bonchev–Trinajstić information content (AvgIpc) is 3.34. The molecule has 0 N–H and O–H groups in total. The van der Waals surface area contributed by atoms with Gasteiger partial charge in [-0.15, -0.1) is 0 Å². The van der Waals surface area contributed by atoms with Gasteiger partial charge >= 0.3 is 0 Å². The molecule has 3 aliphatic rings. The smallest absolute Gasteiger partial charge is 0.134 e. The molecule has 0 spiro atoms. The minimum atomic E-state index is 0.776. The van der Waals surface area contributed by atoms with Crippen molar-refractivity contribution in [3.63, 3.8) is 0 Å². The van der Waals surface area contributed by atoms with E-state index in [1.165, 1.54) is 36.3 Å². The molecule has 0 amide bonds. The van der Waals surface area contributed by atoms with Crippen LogP contribution >= 0.6 is 0 Å². The topological polar surface area (TPSA) is 41.5 Å². The highest BCUT2D eigenvalue weighted by atomic mass is 16.5. The monoisotopic (exact) mass is 350 g/mol. The molecule has 2 aromatic rings. The summed E-state index contributed by atoms with van der Waals surface area (Å²) in [6.07, 6.45) is 5.80. The molecule has 1 aromatic heterocycles. The molecular weight excluding hydrogens is 324 g/mol. The molecule has 4 heterocycles. The van der Waals surface area contributed by atoms with Crippen LogP contribution in [0.4, 0.5) is 5.82 Å². The van der Waals surface area contributed by atoms with Gasteiger partial charge in [-0.25, -0.2) is 9.97 Å². The van der Waals surface area contributed by atoms with E-state index in [1.54, 1.807) is 6.33 Å². The Labute approximate surface area is 155 Å². The van der Waals surface area contributed by atoms with Crippen LogP contribution in [-0.4, -0.2) is 54.2 Å². The largest absolute Gasteiger partial charge is 0.493 e. The highest BCUT2D eigenvalue weighted by Gasteiger charge is 2.40. The first-order valence-electron chi connectivity index (χ1n) is 9.75. The number of ether oxygens (including phenoxy) is 1. The van der Waals surface area contributed by atoms with Crippen molar-refractivity contribution in [2.75, 3.05) is 44.2 Å². The van der Waals surface area contributed by atoms with Crippen LogP contribution in [0.5, 0.6) is 5.75 Å². The summed E-state index contributed by atoms with van der Waals surface area (Å²) in [6, 6.07) is 6.73. The predicted octanol–water partition coefficient (Wildman–Crippen LogP) is 2.33. The first-order chi connectivity index (χ1) is 12.8.